The summed E-state index contributed by atoms with van der Waals surface area (Å²) in [7, 11) is 4.65. The fourth-order valence-electron chi connectivity index (χ4n) is 3.58. The van der Waals surface area contributed by atoms with Crippen molar-refractivity contribution in [1.82, 2.24) is 5.32 Å². The maximum atomic E-state index is 12.6. The van der Waals surface area contributed by atoms with Gasteiger partial charge in [0.1, 0.15) is 11.5 Å². The molecule has 0 unspecified atom stereocenters. The number of fused-ring (bicyclic) bond motifs is 3. The molecule has 3 rings (SSSR count). The Labute approximate surface area is 176 Å². The predicted octanol–water partition coefficient (Wildman–Crippen LogP) is 3.97. The topological polar surface area (TPSA) is 73.9 Å². The van der Waals surface area contributed by atoms with Crippen molar-refractivity contribution in [3.63, 3.8) is 0 Å². The Hall–Kier alpha value is -3.28. The summed E-state index contributed by atoms with van der Waals surface area (Å²) in [4.78, 5) is 23.7. The number of benzene rings is 2. The van der Waals surface area contributed by atoms with Crippen molar-refractivity contribution in [2.45, 2.75) is 25.7 Å². The van der Waals surface area contributed by atoms with Gasteiger partial charge in [-0.2, -0.15) is 0 Å². The van der Waals surface area contributed by atoms with E-state index in [9.17, 15) is 9.59 Å². The Balaban J connectivity index is 1.73. The second-order valence-electron chi connectivity index (χ2n) is 7.06. The molecule has 6 heteroatoms. The van der Waals surface area contributed by atoms with E-state index in [0.717, 1.165) is 58.6 Å². The maximum Gasteiger partial charge on any atom is 0.305 e. The summed E-state index contributed by atoms with van der Waals surface area (Å²) in [6, 6.07) is 11.8. The van der Waals surface area contributed by atoms with Gasteiger partial charge < -0.3 is 19.5 Å². The highest BCUT2D eigenvalue weighted by Gasteiger charge is 2.25. The van der Waals surface area contributed by atoms with E-state index in [4.69, 9.17) is 9.47 Å². The summed E-state index contributed by atoms with van der Waals surface area (Å²) in [5.41, 5.74) is 4.91. The van der Waals surface area contributed by atoms with Crippen LogP contribution in [0.4, 0.5) is 0 Å². The Morgan fingerprint density at radius 3 is 1.97 bits per heavy atom. The summed E-state index contributed by atoms with van der Waals surface area (Å²) in [6.45, 7) is 0.555. The molecule has 1 N–H and O–H groups in total. The van der Waals surface area contributed by atoms with E-state index in [1.807, 2.05) is 36.4 Å². The molecule has 0 spiro atoms. The van der Waals surface area contributed by atoms with Gasteiger partial charge >= 0.3 is 5.97 Å². The minimum atomic E-state index is -0.201. The van der Waals surface area contributed by atoms with Crippen molar-refractivity contribution in [3.8, 4) is 22.6 Å². The van der Waals surface area contributed by atoms with Crippen molar-refractivity contribution in [3.05, 3.63) is 53.6 Å². The smallest absolute Gasteiger partial charge is 0.305 e. The van der Waals surface area contributed by atoms with E-state index < -0.39 is 0 Å². The number of nitrogens with one attached hydrogen (secondary N) is 1. The lowest BCUT2D eigenvalue weighted by molar-refractivity contribution is -0.140. The number of ether oxygens (including phenoxy) is 3. The normalized spacial score (nSPS) is 11.4. The van der Waals surface area contributed by atoms with Crippen LogP contribution in [0, 0.1) is 0 Å². The molecule has 0 fully saturated rings. The van der Waals surface area contributed by atoms with Gasteiger partial charge in [0.25, 0.3) is 0 Å². The number of hydrogen-bond acceptors (Lipinski definition) is 5. The Morgan fingerprint density at radius 1 is 0.833 bits per heavy atom. The van der Waals surface area contributed by atoms with Crippen molar-refractivity contribution in [2.24, 2.45) is 0 Å². The minimum absolute atomic E-state index is 0.151. The number of methoxy groups -OCH3 is 3. The highest BCUT2D eigenvalue weighted by atomic mass is 16.5. The van der Waals surface area contributed by atoms with E-state index in [-0.39, 0.29) is 11.9 Å². The van der Waals surface area contributed by atoms with Gasteiger partial charge in [-0.15, -0.1) is 0 Å². The number of hydrogen-bond donors (Lipinski definition) is 1. The molecular formula is C24H27NO5. The molecule has 6 nitrogen and oxygen atoms in total. The average Bonchev–Trinajstić information content (AvgIpc) is 3.07. The lowest BCUT2D eigenvalue weighted by Crippen LogP contribution is -2.22. The molecule has 158 valence electrons. The predicted molar refractivity (Wildman–Crippen MR) is 116 cm³/mol. The maximum absolute atomic E-state index is 12.6. The largest absolute Gasteiger partial charge is 0.497 e. The van der Waals surface area contributed by atoms with Crippen LogP contribution in [0.15, 0.2) is 42.5 Å². The Kier molecular flexibility index (Phi) is 7.12. The number of esters is 1. The molecular weight excluding hydrogens is 382 g/mol. The molecule has 2 aromatic rings. The summed E-state index contributed by atoms with van der Waals surface area (Å²) >= 11 is 0. The van der Waals surface area contributed by atoms with E-state index >= 15 is 0 Å². The van der Waals surface area contributed by atoms with Gasteiger partial charge in [0.05, 0.1) is 21.3 Å². The van der Waals surface area contributed by atoms with Gasteiger partial charge in [-0.3, -0.25) is 9.59 Å². The fourth-order valence-corrected chi connectivity index (χ4v) is 3.58. The Bertz CT molecular complexity index is 909. The molecule has 0 aromatic heterocycles. The van der Waals surface area contributed by atoms with Crippen LogP contribution in [0.1, 0.15) is 36.8 Å². The third kappa shape index (κ3) is 4.82. The molecule has 0 radical (unpaired) electrons. The van der Waals surface area contributed by atoms with Crippen LogP contribution in [0.2, 0.25) is 0 Å². The third-order valence-electron chi connectivity index (χ3n) is 5.18. The quantitative estimate of drug-likeness (QED) is 0.329. The van der Waals surface area contributed by atoms with Crippen molar-refractivity contribution in [2.75, 3.05) is 27.9 Å². The first kappa shape index (κ1) is 21.4. The minimum Gasteiger partial charge on any atom is -0.497 e. The van der Waals surface area contributed by atoms with Crippen molar-refractivity contribution in [1.29, 1.82) is 0 Å². The lowest BCUT2D eigenvalue weighted by Gasteiger charge is -2.07. The fraction of sp³-hybridized carbons (Fsp3) is 0.333. The van der Waals surface area contributed by atoms with Crippen LogP contribution in [0.5, 0.6) is 11.5 Å². The SMILES string of the molecule is COC(=O)CCCCCNC(=O)C=C1c2cc(OC)ccc2-c2ccc(OC)cc21. The third-order valence-corrected chi connectivity index (χ3v) is 5.18. The zero-order valence-corrected chi connectivity index (χ0v) is 17.6. The van der Waals surface area contributed by atoms with Gasteiger partial charge in [-0.1, -0.05) is 18.6 Å². The molecule has 0 saturated carbocycles. The van der Waals surface area contributed by atoms with Crippen LogP contribution >= 0.6 is 0 Å². The molecule has 0 saturated heterocycles. The van der Waals surface area contributed by atoms with E-state index in [2.05, 4.69) is 10.1 Å². The lowest BCUT2D eigenvalue weighted by atomic mass is 10.0. The zero-order valence-electron chi connectivity index (χ0n) is 17.6. The number of amides is 1. The zero-order chi connectivity index (χ0) is 21.5. The number of rotatable bonds is 9. The highest BCUT2D eigenvalue weighted by Crippen LogP contribution is 2.46. The molecule has 1 aliphatic carbocycles. The van der Waals surface area contributed by atoms with E-state index in [0.29, 0.717) is 13.0 Å². The second-order valence-corrected chi connectivity index (χ2v) is 7.06. The van der Waals surface area contributed by atoms with Crippen molar-refractivity contribution >= 4 is 17.4 Å². The highest BCUT2D eigenvalue weighted by molar-refractivity contribution is 6.08. The van der Waals surface area contributed by atoms with Gasteiger partial charge in [0.15, 0.2) is 0 Å². The van der Waals surface area contributed by atoms with Gasteiger partial charge in [-0.25, -0.2) is 0 Å². The summed E-state index contributed by atoms with van der Waals surface area (Å²) in [6.07, 6.45) is 4.46. The molecule has 0 atom stereocenters. The first-order valence-electron chi connectivity index (χ1n) is 10.0. The standard InChI is InChI=1S/C24H27NO5/c1-28-16-8-10-18-19-11-9-17(29-2)14-21(19)22(20(18)13-16)15-23(26)25-12-6-4-5-7-24(27)30-3/h8-11,13-15H,4-7,12H2,1-3H3,(H,25,26). The van der Waals surface area contributed by atoms with Crippen LogP contribution in [-0.4, -0.2) is 39.8 Å². The van der Waals surface area contributed by atoms with Crippen LogP contribution in [0.3, 0.4) is 0 Å². The molecule has 0 bridgehead atoms. The van der Waals surface area contributed by atoms with E-state index in [1.165, 1.54) is 7.11 Å². The molecule has 1 amide bonds. The monoisotopic (exact) mass is 409 g/mol. The Morgan fingerprint density at radius 2 is 1.43 bits per heavy atom. The molecule has 30 heavy (non-hydrogen) atoms. The first-order valence-corrected chi connectivity index (χ1v) is 10.0. The van der Waals surface area contributed by atoms with Gasteiger partial charge in [0.2, 0.25) is 5.91 Å². The van der Waals surface area contributed by atoms with Crippen molar-refractivity contribution < 1.29 is 23.8 Å². The molecule has 0 heterocycles. The average molecular weight is 409 g/mol. The van der Waals surface area contributed by atoms with Crippen LogP contribution in [-0.2, 0) is 14.3 Å². The van der Waals surface area contributed by atoms with Crippen LogP contribution in [0.25, 0.3) is 16.7 Å². The van der Waals surface area contributed by atoms with Gasteiger partial charge in [-0.05, 0) is 64.9 Å². The summed E-state index contributed by atoms with van der Waals surface area (Å²) in [5.74, 6) is 1.13. The number of carbonyl (C=O) groups is 2. The second kappa shape index (κ2) is 9.96. The number of unbranched alkanes of at least 4 members (excludes halogenated alkanes) is 2. The summed E-state index contributed by atoms with van der Waals surface area (Å²) in [5, 5.41) is 2.94. The molecule has 2 aromatic carbocycles. The first-order chi connectivity index (χ1) is 14.6. The van der Waals surface area contributed by atoms with Gasteiger partial charge in [0, 0.05) is 19.0 Å². The molecule has 1 aliphatic rings. The number of carbonyl (C=O) groups excluding carboxylic acids is 2. The molecule has 0 aliphatic heterocycles. The summed E-state index contributed by atoms with van der Waals surface area (Å²) < 4.78 is 15.4. The van der Waals surface area contributed by atoms with Crippen LogP contribution < -0.4 is 14.8 Å². The van der Waals surface area contributed by atoms with E-state index in [1.54, 1.807) is 20.3 Å².